The molecule has 0 saturated carbocycles. The quantitative estimate of drug-likeness (QED) is 0.283. The first-order valence-electron chi connectivity index (χ1n) is 10.2. The molecule has 3 rings (SSSR count). The van der Waals surface area contributed by atoms with Gasteiger partial charge >= 0.3 is 0 Å². The van der Waals surface area contributed by atoms with E-state index in [1.54, 1.807) is 50.6 Å². The van der Waals surface area contributed by atoms with Crippen molar-refractivity contribution in [2.24, 2.45) is 0 Å². The molecule has 0 radical (unpaired) electrons. The highest BCUT2D eigenvalue weighted by Gasteiger charge is 2.23. The van der Waals surface area contributed by atoms with Crippen LogP contribution in [0.5, 0.6) is 28.7 Å². The summed E-state index contributed by atoms with van der Waals surface area (Å²) in [5, 5.41) is 0. The van der Waals surface area contributed by atoms with Crippen molar-refractivity contribution in [2.45, 2.75) is 0 Å². The fourth-order valence-electron chi connectivity index (χ4n) is 3.19. The lowest BCUT2D eigenvalue weighted by Gasteiger charge is -2.11. The fraction of sp³-hybridized carbons (Fsp3) is 0.185. The summed E-state index contributed by atoms with van der Waals surface area (Å²) in [6, 6.07) is 14.5. The number of hydrogen-bond acceptors (Lipinski definition) is 7. The molecule has 0 spiro atoms. The minimum atomic E-state index is -0.723. The predicted octanol–water partition coefficient (Wildman–Crippen LogP) is 4.20. The molecule has 0 aliphatic heterocycles. The molecule has 7 nitrogen and oxygen atoms in total. The van der Waals surface area contributed by atoms with Crippen LogP contribution in [-0.2, 0) is 0 Å². The van der Waals surface area contributed by atoms with Gasteiger partial charge in [-0.3, -0.25) is 9.59 Å². The van der Waals surface area contributed by atoms with Gasteiger partial charge in [-0.15, -0.1) is 0 Å². The Hall–Kier alpha value is -4.44. The number of ketones is 2. The van der Waals surface area contributed by atoms with Gasteiger partial charge in [0.25, 0.3) is 0 Å². The van der Waals surface area contributed by atoms with E-state index in [2.05, 4.69) is 11.8 Å². The molecule has 34 heavy (non-hydrogen) atoms. The molecular formula is C27H24O7. The van der Waals surface area contributed by atoms with E-state index in [1.165, 1.54) is 39.5 Å². The second kappa shape index (κ2) is 10.9. The summed E-state index contributed by atoms with van der Waals surface area (Å²) in [6.45, 7) is 0. The van der Waals surface area contributed by atoms with Gasteiger partial charge in [0.2, 0.25) is 11.6 Å². The maximum atomic E-state index is 13.2. The lowest BCUT2D eigenvalue weighted by Crippen LogP contribution is -2.16. The SMILES string of the molecule is COc1ccc(C(=O)C(=O)c2cc(OC)c(OC)cc2C#Cc2cc(OC)cc(OC)c2)cc1. The van der Waals surface area contributed by atoms with Gasteiger partial charge in [0.1, 0.15) is 17.2 Å². The van der Waals surface area contributed by atoms with E-state index in [1.807, 2.05) is 0 Å². The molecule has 0 aliphatic carbocycles. The number of rotatable bonds is 8. The molecule has 0 fully saturated rings. The fourth-order valence-corrected chi connectivity index (χ4v) is 3.19. The molecular weight excluding hydrogens is 436 g/mol. The zero-order chi connectivity index (χ0) is 24.7. The van der Waals surface area contributed by atoms with Gasteiger partial charge in [-0.2, -0.15) is 0 Å². The monoisotopic (exact) mass is 460 g/mol. The van der Waals surface area contributed by atoms with Crippen LogP contribution >= 0.6 is 0 Å². The largest absolute Gasteiger partial charge is 0.497 e. The third kappa shape index (κ3) is 5.30. The van der Waals surface area contributed by atoms with Gasteiger partial charge in [0.05, 0.1) is 35.5 Å². The molecule has 0 aliphatic rings. The zero-order valence-corrected chi connectivity index (χ0v) is 19.6. The number of carbonyl (C=O) groups is 2. The molecule has 0 aromatic heterocycles. The Morgan fingerprint density at radius 1 is 0.588 bits per heavy atom. The summed E-state index contributed by atoms with van der Waals surface area (Å²) in [7, 11) is 7.54. The molecule has 174 valence electrons. The van der Waals surface area contributed by atoms with Crippen LogP contribution in [0.25, 0.3) is 0 Å². The molecule has 0 amide bonds. The van der Waals surface area contributed by atoms with E-state index >= 15 is 0 Å². The molecule has 0 atom stereocenters. The van der Waals surface area contributed by atoms with Crippen molar-refractivity contribution in [3.8, 4) is 40.6 Å². The van der Waals surface area contributed by atoms with E-state index in [0.29, 0.717) is 39.9 Å². The lowest BCUT2D eigenvalue weighted by molar-refractivity contribution is 0.0816. The number of hydrogen-bond donors (Lipinski definition) is 0. The van der Waals surface area contributed by atoms with Crippen LogP contribution < -0.4 is 23.7 Å². The van der Waals surface area contributed by atoms with E-state index in [-0.39, 0.29) is 11.1 Å². The summed E-state index contributed by atoms with van der Waals surface area (Å²) in [4.78, 5) is 26.2. The first kappa shape index (κ1) is 24.2. The van der Waals surface area contributed by atoms with E-state index in [4.69, 9.17) is 23.7 Å². The number of ether oxygens (including phenoxy) is 5. The van der Waals surface area contributed by atoms with Crippen molar-refractivity contribution >= 4 is 11.6 Å². The molecule has 3 aromatic rings. The summed E-state index contributed by atoms with van der Waals surface area (Å²) < 4.78 is 26.4. The summed E-state index contributed by atoms with van der Waals surface area (Å²) >= 11 is 0. The van der Waals surface area contributed by atoms with Crippen LogP contribution in [0, 0.1) is 11.8 Å². The number of Topliss-reactive ketones (excluding diaryl/α,β-unsaturated/α-hetero) is 2. The van der Waals surface area contributed by atoms with Crippen molar-refractivity contribution in [1.29, 1.82) is 0 Å². The topological polar surface area (TPSA) is 80.3 Å². The third-order valence-corrected chi connectivity index (χ3v) is 5.02. The van der Waals surface area contributed by atoms with E-state index in [0.717, 1.165) is 0 Å². The van der Waals surface area contributed by atoms with Crippen LogP contribution in [0.1, 0.15) is 31.8 Å². The van der Waals surface area contributed by atoms with Crippen LogP contribution in [-0.4, -0.2) is 47.1 Å². The van der Waals surface area contributed by atoms with Crippen LogP contribution in [0.4, 0.5) is 0 Å². The van der Waals surface area contributed by atoms with Gasteiger partial charge in [0.15, 0.2) is 11.5 Å². The van der Waals surface area contributed by atoms with Crippen molar-refractivity contribution in [3.05, 3.63) is 76.9 Å². The zero-order valence-electron chi connectivity index (χ0n) is 19.6. The summed E-state index contributed by atoms with van der Waals surface area (Å²) in [5.41, 5.74) is 1.25. The number of benzene rings is 3. The predicted molar refractivity (Wildman–Crippen MR) is 127 cm³/mol. The smallest absolute Gasteiger partial charge is 0.234 e. The minimum absolute atomic E-state index is 0.0980. The van der Waals surface area contributed by atoms with Crippen LogP contribution in [0.3, 0.4) is 0 Å². The van der Waals surface area contributed by atoms with Crippen molar-refractivity contribution in [1.82, 2.24) is 0 Å². The lowest BCUT2D eigenvalue weighted by atomic mass is 9.96. The van der Waals surface area contributed by atoms with Gasteiger partial charge in [-0.1, -0.05) is 11.8 Å². The standard InChI is InChI=1S/C27H24O7/c1-30-20-10-8-18(9-11-20)26(28)27(29)23-16-25(34-5)24(33-4)14-19(23)7-6-17-12-21(31-2)15-22(13-17)32-3/h8-16H,1-5H3. The summed E-state index contributed by atoms with van der Waals surface area (Å²) in [5.74, 6) is 6.98. The van der Waals surface area contributed by atoms with Crippen molar-refractivity contribution in [3.63, 3.8) is 0 Å². The molecule has 7 heteroatoms. The highest BCUT2D eigenvalue weighted by Crippen LogP contribution is 2.31. The minimum Gasteiger partial charge on any atom is -0.497 e. The molecule has 0 N–H and O–H groups in total. The maximum Gasteiger partial charge on any atom is 0.234 e. The van der Waals surface area contributed by atoms with Crippen molar-refractivity contribution in [2.75, 3.05) is 35.5 Å². The first-order valence-corrected chi connectivity index (χ1v) is 10.2. The second-order valence-electron chi connectivity index (χ2n) is 6.99. The maximum absolute atomic E-state index is 13.2. The van der Waals surface area contributed by atoms with Crippen LogP contribution in [0.2, 0.25) is 0 Å². The van der Waals surface area contributed by atoms with Crippen molar-refractivity contribution < 1.29 is 33.3 Å². The molecule has 0 bridgehead atoms. The molecule has 0 unspecified atom stereocenters. The number of methoxy groups -OCH3 is 5. The first-order chi connectivity index (χ1) is 16.4. The highest BCUT2D eigenvalue weighted by atomic mass is 16.5. The Morgan fingerprint density at radius 3 is 1.68 bits per heavy atom. The highest BCUT2D eigenvalue weighted by molar-refractivity contribution is 6.49. The Bertz CT molecular complexity index is 1240. The average Bonchev–Trinajstić information content (AvgIpc) is 2.90. The molecule has 0 heterocycles. The second-order valence-corrected chi connectivity index (χ2v) is 6.99. The van der Waals surface area contributed by atoms with E-state index < -0.39 is 11.6 Å². The third-order valence-electron chi connectivity index (χ3n) is 5.02. The Morgan fingerprint density at radius 2 is 1.15 bits per heavy atom. The van der Waals surface area contributed by atoms with E-state index in [9.17, 15) is 9.59 Å². The average molecular weight is 460 g/mol. The van der Waals surface area contributed by atoms with Gasteiger partial charge in [-0.05, 0) is 42.5 Å². The Labute approximate surface area is 198 Å². The van der Waals surface area contributed by atoms with Gasteiger partial charge in [-0.25, -0.2) is 0 Å². The normalized spacial score (nSPS) is 9.91. The summed E-state index contributed by atoms with van der Waals surface area (Å²) in [6.07, 6.45) is 0. The van der Waals surface area contributed by atoms with Gasteiger partial charge < -0.3 is 23.7 Å². The number of carbonyl (C=O) groups excluding carboxylic acids is 2. The van der Waals surface area contributed by atoms with Gasteiger partial charge in [0, 0.05) is 34.4 Å². The Balaban J connectivity index is 2.08. The Kier molecular flexibility index (Phi) is 7.78. The van der Waals surface area contributed by atoms with Crippen LogP contribution in [0.15, 0.2) is 54.6 Å². The molecule has 3 aromatic carbocycles. The molecule has 0 saturated heterocycles.